The molecule has 0 bridgehead atoms. The molecule has 1 amide bonds. The number of hydrogen-bond donors (Lipinski definition) is 2. The molecule has 0 aliphatic carbocycles. The van der Waals surface area contributed by atoms with Crippen molar-refractivity contribution < 1.29 is 13.7 Å². The number of anilines is 1. The number of benzene rings is 2. The minimum atomic E-state index is -0.337. The number of aromatic nitrogens is 1. The lowest BCUT2D eigenvalue weighted by Crippen LogP contribution is -2.45. The molecule has 3 aromatic rings. The number of amides is 1. The normalized spacial score (nSPS) is 12.4. The standard InChI is InChI=1S/C24H29FN4O2S/c1-14(2)22(23(26)30)29(5)13-17-6-8-18(9-7-17)20-12-19(25)10-11-21(20)32-28-24-15(3)16(4)31-27-24/h6-12,14,22H,13H2,1-5H3,(H2,26,30)(H,27,28). The highest BCUT2D eigenvalue weighted by molar-refractivity contribution is 8.00. The predicted molar refractivity (Wildman–Crippen MR) is 127 cm³/mol. The van der Waals surface area contributed by atoms with Crippen molar-refractivity contribution in [1.82, 2.24) is 10.1 Å². The first-order valence-electron chi connectivity index (χ1n) is 10.4. The van der Waals surface area contributed by atoms with E-state index >= 15 is 0 Å². The maximum Gasteiger partial charge on any atom is 0.235 e. The van der Waals surface area contributed by atoms with E-state index in [2.05, 4.69) is 9.88 Å². The third kappa shape index (κ3) is 5.49. The Kier molecular flexibility index (Phi) is 7.58. The zero-order valence-electron chi connectivity index (χ0n) is 19.0. The van der Waals surface area contributed by atoms with E-state index in [0.29, 0.717) is 12.4 Å². The Morgan fingerprint density at radius 3 is 2.47 bits per heavy atom. The highest BCUT2D eigenvalue weighted by atomic mass is 32.2. The van der Waals surface area contributed by atoms with Crippen LogP contribution in [0, 0.1) is 25.6 Å². The van der Waals surface area contributed by atoms with Crippen molar-refractivity contribution in [2.45, 2.75) is 45.2 Å². The van der Waals surface area contributed by atoms with Gasteiger partial charge in [-0.15, -0.1) is 0 Å². The Morgan fingerprint density at radius 2 is 1.91 bits per heavy atom. The second kappa shape index (κ2) is 10.2. The second-order valence-corrected chi connectivity index (χ2v) is 9.11. The van der Waals surface area contributed by atoms with Gasteiger partial charge < -0.3 is 15.0 Å². The molecular formula is C24H29FN4O2S. The number of carbonyl (C=O) groups is 1. The third-order valence-electron chi connectivity index (χ3n) is 5.45. The summed E-state index contributed by atoms with van der Waals surface area (Å²) in [7, 11) is 1.89. The number of aryl methyl sites for hydroxylation is 1. The molecule has 0 radical (unpaired) electrons. The summed E-state index contributed by atoms with van der Waals surface area (Å²) in [5, 5.41) is 4.01. The van der Waals surface area contributed by atoms with Gasteiger partial charge in [-0.2, -0.15) is 0 Å². The van der Waals surface area contributed by atoms with Crippen molar-refractivity contribution in [2.75, 3.05) is 11.8 Å². The summed E-state index contributed by atoms with van der Waals surface area (Å²) in [6.45, 7) is 8.33. The van der Waals surface area contributed by atoms with Gasteiger partial charge in [0.25, 0.3) is 0 Å². The first-order valence-corrected chi connectivity index (χ1v) is 11.2. The Morgan fingerprint density at radius 1 is 1.22 bits per heavy atom. The van der Waals surface area contributed by atoms with Gasteiger partial charge in [-0.25, -0.2) is 4.39 Å². The molecule has 32 heavy (non-hydrogen) atoms. The molecule has 1 heterocycles. The average Bonchev–Trinajstić information content (AvgIpc) is 3.05. The van der Waals surface area contributed by atoms with E-state index in [1.165, 1.54) is 24.1 Å². The lowest BCUT2D eigenvalue weighted by Gasteiger charge is -2.28. The molecule has 0 saturated heterocycles. The number of primary amides is 1. The van der Waals surface area contributed by atoms with Gasteiger partial charge in [-0.1, -0.05) is 43.3 Å². The van der Waals surface area contributed by atoms with Crippen LogP contribution in [0.5, 0.6) is 0 Å². The van der Waals surface area contributed by atoms with Gasteiger partial charge in [0.15, 0.2) is 5.82 Å². The van der Waals surface area contributed by atoms with Crippen molar-refractivity contribution in [1.29, 1.82) is 0 Å². The van der Waals surface area contributed by atoms with Crippen LogP contribution in [0.25, 0.3) is 11.1 Å². The van der Waals surface area contributed by atoms with Gasteiger partial charge in [0, 0.05) is 17.0 Å². The van der Waals surface area contributed by atoms with E-state index in [9.17, 15) is 9.18 Å². The molecule has 0 aliphatic heterocycles. The zero-order valence-corrected chi connectivity index (χ0v) is 19.8. The van der Waals surface area contributed by atoms with E-state index in [1.807, 2.05) is 63.9 Å². The van der Waals surface area contributed by atoms with Crippen LogP contribution in [0.1, 0.15) is 30.7 Å². The number of rotatable bonds is 9. The second-order valence-electron chi connectivity index (χ2n) is 8.26. The van der Waals surface area contributed by atoms with E-state index in [-0.39, 0.29) is 23.7 Å². The molecule has 170 valence electrons. The van der Waals surface area contributed by atoms with E-state index < -0.39 is 0 Å². The van der Waals surface area contributed by atoms with Crippen molar-refractivity contribution in [3.8, 4) is 11.1 Å². The highest BCUT2D eigenvalue weighted by Crippen LogP contribution is 2.34. The van der Waals surface area contributed by atoms with Crippen LogP contribution >= 0.6 is 11.9 Å². The number of nitrogens with two attached hydrogens (primary N) is 1. The van der Waals surface area contributed by atoms with Crippen LogP contribution < -0.4 is 10.5 Å². The number of halogens is 1. The number of nitrogens with one attached hydrogen (secondary N) is 1. The molecule has 1 unspecified atom stereocenters. The average molecular weight is 457 g/mol. The van der Waals surface area contributed by atoms with Crippen LogP contribution in [0.3, 0.4) is 0 Å². The SMILES string of the molecule is Cc1onc(NSc2ccc(F)cc2-c2ccc(CN(C)C(C(N)=O)C(C)C)cc2)c1C. The summed E-state index contributed by atoms with van der Waals surface area (Å²) >= 11 is 1.36. The fourth-order valence-electron chi connectivity index (χ4n) is 3.66. The maximum absolute atomic E-state index is 14.0. The molecule has 0 aliphatic rings. The maximum atomic E-state index is 14.0. The quantitative estimate of drug-likeness (QED) is 0.433. The van der Waals surface area contributed by atoms with Gasteiger partial charge >= 0.3 is 0 Å². The first kappa shape index (κ1) is 23.8. The molecule has 6 nitrogen and oxygen atoms in total. The molecule has 0 saturated carbocycles. The molecule has 1 aromatic heterocycles. The summed E-state index contributed by atoms with van der Waals surface area (Å²) in [5.41, 5.74) is 9.21. The minimum Gasteiger partial charge on any atom is -0.368 e. The highest BCUT2D eigenvalue weighted by Gasteiger charge is 2.24. The summed E-state index contributed by atoms with van der Waals surface area (Å²) in [5.74, 6) is 0.890. The lowest BCUT2D eigenvalue weighted by molar-refractivity contribution is -0.124. The Hall–Kier alpha value is -2.84. The van der Waals surface area contributed by atoms with E-state index in [4.69, 9.17) is 10.3 Å². The zero-order chi connectivity index (χ0) is 23.4. The van der Waals surface area contributed by atoms with Crippen LogP contribution in [0.4, 0.5) is 10.2 Å². The number of hydrogen-bond acceptors (Lipinski definition) is 6. The van der Waals surface area contributed by atoms with E-state index in [1.54, 1.807) is 6.07 Å². The molecular weight excluding hydrogens is 427 g/mol. The topological polar surface area (TPSA) is 84.4 Å². The Bertz CT molecular complexity index is 1080. The van der Waals surface area contributed by atoms with Crippen molar-refractivity contribution in [2.24, 2.45) is 11.7 Å². The molecule has 3 N–H and O–H groups in total. The molecule has 3 rings (SSSR count). The van der Waals surface area contributed by atoms with E-state index in [0.717, 1.165) is 32.9 Å². The smallest absolute Gasteiger partial charge is 0.235 e. The van der Waals surface area contributed by atoms with Crippen molar-refractivity contribution in [3.63, 3.8) is 0 Å². The van der Waals surface area contributed by atoms with Crippen LogP contribution in [-0.4, -0.2) is 29.1 Å². The molecule has 1 atom stereocenters. The fourth-order valence-corrected chi connectivity index (χ4v) is 4.48. The van der Waals surface area contributed by atoms with Gasteiger partial charge in [0.05, 0.1) is 6.04 Å². The lowest BCUT2D eigenvalue weighted by atomic mass is 10.0. The summed E-state index contributed by atoms with van der Waals surface area (Å²) in [6.07, 6.45) is 0. The molecule has 8 heteroatoms. The van der Waals surface area contributed by atoms with Gasteiger partial charge in [0.2, 0.25) is 5.91 Å². The molecule has 2 aromatic carbocycles. The van der Waals surface area contributed by atoms with Crippen LogP contribution in [0.2, 0.25) is 0 Å². The summed E-state index contributed by atoms with van der Waals surface area (Å²) in [4.78, 5) is 14.6. The van der Waals surface area contributed by atoms with Gasteiger partial charge in [0.1, 0.15) is 11.6 Å². The van der Waals surface area contributed by atoms with Gasteiger partial charge in [-0.05, 0) is 73.7 Å². The van der Waals surface area contributed by atoms with Crippen LogP contribution in [-0.2, 0) is 11.3 Å². The summed E-state index contributed by atoms with van der Waals surface area (Å²) < 4.78 is 22.4. The third-order valence-corrected chi connectivity index (χ3v) is 6.32. The number of nitrogens with zero attached hydrogens (tertiary/aromatic N) is 2. The number of carbonyl (C=O) groups excluding carboxylic acids is 1. The summed E-state index contributed by atoms with van der Waals surface area (Å²) in [6, 6.07) is 12.3. The fraction of sp³-hybridized carbons (Fsp3) is 0.333. The largest absolute Gasteiger partial charge is 0.368 e. The predicted octanol–water partition coefficient (Wildman–Crippen LogP) is 5.16. The monoisotopic (exact) mass is 456 g/mol. The Balaban J connectivity index is 1.78. The van der Waals surface area contributed by atoms with Crippen molar-refractivity contribution in [3.05, 3.63) is 65.2 Å². The minimum absolute atomic E-state index is 0.119. The molecule has 0 spiro atoms. The van der Waals surface area contributed by atoms with Gasteiger partial charge in [-0.3, -0.25) is 9.69 Å². The van der Waals surface area contributed by atoms with Crippen LogP contribution in [0.15, 0.2) is 51.9 Å². The first-order chi connectivity index (χ1) is 15.2. The number of likely N-dealkylation sites (N-methyl/N-ethyl adjacent to an activating group) is 1. The Labute approximate surface area is 192 Å². The molecule has 0 fully saturated rings. The van der Waals surface area contributed by atoms with Crippen molar-refractivity contribution >= 4 is 23.7 Å².